The van der Waals surface area contributed by atoms with Crippen LogP contribution in [0.15, 0.2) is 54.6 Å². The summed E-state index contributed by atoms with van der Waals surface area (Å²) in [5.41, 5.74) is 0.679. The third kappa shape index (κ3) is 2.81. The molecule has 1 heterocycles. The number of amides is 1. The van der Waals surface area contributed by atoms with E-state index in [2.05, 4.69) is 10.3 Å². The molecule has 3 aromatic rings. The number of aromatic nitrogens is 1. The summed E-state index contributed by atoms with van der Waals surface area (Å²) < 4.78 is 0.989. The van der Waals surface area contributed by atoms with E-state index in [-0.39, 0.29) is 18.4 Å². The Bertz CT molecular complexity index is 840. The normalized spacial score (nSPS) is 16.7. The highest BCUT2D eigenvalue weighted by molar-refractivity contribution is 7.20. The predicted octanol–water partition coefficient (Wildman–Crippen LogP) is 3.32. The molecule has 2 aromatic carbocycles. The van der Waals surface area contributed by atoms with Gasteiger partial charge in [0.15, 0.2) is 5.01 Å². The van der Waals surface area contributed by atoms with Gasteiger partial charge in [-0.2, -0.15) is 0 Å². The van der Waals surface area contributed by atoms with E-state index in [4.69, 9.17) is 0 Å². The molecule has 1 aromatic heterocycles. The van der Waals surface area contributed by atoms with Crippen molar-refractivity contribution in [3.8, 4) is 0 Å². The molecule has 0 radical (unpaired) electrons. The maximum atomic E-state index is 12.5. The van der Waals surface area contributed by atoms with Gasteiger partial charge >= 0.3 is 0 Å². The van der Waals surface area contributed by atoms with Gasteiger partial charge in [0, 0.05) is 0 Å². The highest BCUT2D eigenvalue weighted by Crippen LogP contribution is 2.45. The van der Waals surface area contributed by atoms with E-state index in [0.717, 1.165) is 28.6 Å². The first kappa shape index (κ1) is 15.3. The summed E-state index contributed by atoms with van der Waals surface area (Å²) >= 11 is 1.37. The Balaban J connectivity index is 1.53. The first-order valence-electron chi connectivity index (χ1n) is 8.08. The number of aliphatic hydroxyl groups is 1. The molecule has 24 heavy (non-hydrogen) atoms. The SMILES string of the molecule is O=C(NCC(O)(c1ccccc1)C1CC1)c1nc2ccccc2s1. The minimum Gasteiger partial charge on any atom is -0.383 e. The predicted molar refractivity (Wildman–Crippen MR) is 95.0 cm³/mol. The van der Waals surface area contributed by atoms with Gasteiger partial charge in [0.05, 0.1) is 16.8 Å². The van der Waals surface area contributed by atoms with E-state index in [1.807, 2.05) is 54.6 Å². The Kier molecular flexibility index (Phi) is 3.82. The second-order valence-electron chi connectivity index (χ2n) is 6.23. The van der Waals surface area contributed by atoms with Gasteiger partial charge in [-0.15, -0.1) is 11.3 Å². The number of carbonyl (C=O) groups is 1. The van der Waals surface area contributed by atoms with Crippen LogP contribution in [0.3, 0.4) is 0 Å². The number of rotatable bonds is 5. The molecule has 0 saturated heterocycles. The monoisotopic (exact) mass is 338 g/mol. The van der Waals surface area contributed by atoms with Gasteiger partial charge in [-0.1, -0.05) is 42.5 Å². The zero-order chi connectivity index (χ0) is 16.6. The molecule has 1 amide bonds. The smallest absolute Gasteiger partial charge is 0.280 e. The van der Waals surface area contributed by atoms with Crippen molar-refractivity contribution < 1.29 is 9.90 Å². The van der Waals surface area contributed by atoms with Crippen LogP contribution in [-0.4, -0.2) is 22.5 Å². The summed E-state index contributed by atoms with van der Waals surface area (Å²) in [5.74, 6) is -0.0261. The lowest BCUT2D eigenvalue weighted by Gasteiger charge is -2.29. The molecule has 2 N–H and O–H groups in total. The number of carbonyl (C=O) groups excluding carboxylic acids is 1. The third-order valence-electron chi connectivity index (χ3n) is 4.53. The summed E-state index contributed by atoms with van der Waals surface area (Å²) in [6, 6.07) is 17.3. The molecular weight excluding hydrogens is 320 g/mol. The molecular formula is C19H18N2O2S. The van der Waals surface area contributed by atoms with Gasteiger partial charge in [-0.3, -0.25) is 4.79 Å². The minimum absolute atomic E-state index is 0.204. The second-order valence-corrected chi connectivity index (χ2v) is 7.26. The molecule has 1 fully saturated rings. The molecule has 1 unspecified atom stereocenters. The van der Waals surface area contributed by atoms with Crippen molar-refractivity contribution in [3.05, 3.63) is 65.2 Å². The first-order valence-corrected chi connectivity index (χ1v) is 8.90. The Morgan fingerprint density at radius 3 is 2.58 bits per heavy atom. The van der Waals surface area contributed by atoms with Gasteiger partial charge in [0.2, 0.25) is 0 Å². The van der Waals surface area contributed by atoms with E-state index in [1.54, 1.807) is 0 Å². The van der Waals surface area contributed by atoms with Crippen LogP contribution in [0.1, 0.15) is 28.2 Å². The lowest BCUT2D eigenvalue weighted by molar-refractivity contribution is 0.0135. The summed E-state index contributed by atoms with van der Waals surface area (Å²) in [4.78, 5) is 16.8. The average molecular weight is 338 g/mol. The zero-order valence-corrected chi connectivity index (χ0v) is 13.9. The largest absolute Gasteiger partial charge is 0.383 e. The van der Waals surface area contributed by atoms with E-state index in [0.29, 0.717) is 5.01 Å². The van der Waals surface area contributed by atoms with Crippen LogP contribution < -0.4 is 5.32 Å². The van der Waals surface area contributed by atoms with Crippen LogP contribution in [-0.2, 0) is 5.60 Å². The molecule has 1 saturated carbocycles. The van der Waals surface area contributed by atoms with Gasteiger partial charge in [0.25, 0.3) is 5.91 Å². The Morgan fingerprint density at radius 2 is 1.88 bits per heavy atom. The Labute approximate surface area is 144 Å². The van der Waals surface area contributed by atoms with E-state index in [9.17, 15) is 9.90 Å². The maximum Gasteiger partial charge on any atom is 0.280 e. The molecule has 0 spiro atoms. The molecule has 122 valence electrons. The summed E-state index contributed by atoms with van der Waals surface area (Å²) in [6.07, 6.45) is 1.98. The Hall–Kier alpha value is -2.24. The lowest BCUT2D eigenvalue weighted by Crippen LogP contribution is -2.42. The highest BCUT2D eigenvalue weighted by Gasteiger charge is 2.45. The average Bonchev–Trinajstić information content (AvgIpc) is 3.39. The van der Waals surface area contributed by atoms with Crippen molar-refractivity contribution in [2.45, 2.75) is 18.4 Å². The van der Waals surface area contributed by atoms with Crippen LogP contribution in [0.25, 0.3) is 10.2 Å². The second kappa shape index (κ2) is 6.00. The van der Waals surface area contributed by atoms with Crippen LogP contribution in [0.4, 0.5) is 0 Å². The van der Waals surface area contributed by atoms with Crippen LogP contribution in [0.5, 0.6) is 0 Å². The van der Waals surface area contributed by atoms with Gasteiger partial charge in [0.1, 0.15) is 5.60 Å². The number of hydrogen-bond acceptors (Lipinski definition) is 4. The number of benzene rings is 2. The molecule has 1 aliphatic carbocycles. The molecule has 0 aliphatic heterocycles. The first-order chi connectivity index (χ1) is 11.7. The van der Waals surface area contributed by atoms with Crippen LogP contribution >= 0.6 is 11.3 Å². The minimum atomic E-state index is -1.01. The Morgan fingerprint density at radius 1 is 1.17 bits per heavy atom. The quantitative estimate of drug-likeness (QED) is 0.750. The van der Waals surface area contributed by atoms with E-state index < -0.39 is 5.60 Å². The highest BCUT2D eigenvalue weighted by atomic mass is 32.1. The van der Waals surface area contributed by atoms with E-state index in [1.165, 1.54) is 11.3 Å². The zero-order valence-electron chi connectivity index (χ0n) is 13.1. The number of nitrogens with one attached hydrogen (secondary N) is 1. The number of nitrogens with zero attached hydrogens (tertiary/aromatic N) is 1. The van der Waals surface area contributed by atoms with Gasteiger partial charge in [-0.25, -0.2) is 4.98 Å². The van der Waals surface area contributed by atoms with Crippen molar-refractivity contribution in [2.75, 3.05) is 6.54 Å². The fraction of sp³-hybridized carbons (Fsp3) is 0.263. The number of fused-ring (bicyclic) bond motifs is 1. The van der Waals surface area contributed by atoms with Crippen molar-refractivity contribution in [1.29, 1.82) is 0 Å². The topological polar surface area (TPSA) is 62.2 Å². The number of thiazole rings is 1. The number of hydrogen-bond donors (Lipinski definition) is 2. The van der Waals surface area contributed by atoms with Gasteiger partial charge in [-0.05, 0) is 36.5 Å². The summed E-state index contributed by atoms with van der Waals surface area (Å²) in [7, 11) is 0. The van der Waals surface area contributed by atoms with Crippen molar-refractivity contribution in [1.82, 2.24) is 10.3 Å². The lowest BCUT2D eigenvalue weighted by atomic mass is 9.88. The third-order valence-corrected chi connectivity index (χ3v) is 5.57. The van der Waals surface area contributed by atoms with Crippen molar-refractivity contribution in [3.63, 3.8) is 0 Å². The summed E-state index contributed by atoms with van der Waals surface area (Å²) in [5, 5.41) is 14.4. The molecule has 4 nitrogen and oxygen atoms in total. The number of para-hydroxylation sites is 1. The molecule has 1 atom stereocenters. The standard InChI is InChI=1S/C19H18N2O2S/c22-17(18-21-15-8-4-5-9-16(15)24-18)20-12-19(23,14-10-11-14)13-6-2-1-3-7-13/h1-9,14,23H,10-12H2,(H,20,22). The molecule has 4 rings (SSSR count). The van der Waals surface area contributed by atoms with E-state index >= 15 is 0 Å². The molecule has 5 heteroatoms. The van der Waals surface area contributed by atoms with Gasteiger partial charge < -0.3 is 10.4 Å². The van der Waals surface area contributed by atoms with Crippen molar-refractivity contribution >= 4 is 27.5 Å². The van der Waals surface area contributed by atoms with Crippen LogP contribution in [0.2, 0.25) is 0 Å². The molecule has 0 bridgehead atoms. The van der Waals surface area contributed by atoms with Crippen molar-refractivity contribution in [2.24, 2.45) is 5.92 Å². The fourth-order valence-electron chi connectivity index (χ4n) is 3.03. The fourth-order valence-corrected chi connectivity index (χ4v) is 3.91. The summed E-state index contributed by atoms with van der Waals surface area (Å²) in [6.45, 7) is 0.205. The molecule has 1 aliphatic rings. The maximum absolute atomic E-state index is 12.5. The van der Waals surface area contributed by atoms with Crippen LogP contribution in [0, 0.1) is 5.92 Å².